The van der Waals surface area contributed by atoms with Crippen molar-refractivity contribution >= 4 is 10.9 Å². The number of hydrogen-bond acceptors (Lipinski definition) is 4. The Morgan fingerprint density at radius 1 is 1.33 bits per heavy atom. The minimum Gasteiger partial charge on any atom is -0.477 e. The van der Waals surface area contributed by atoms with E-state index in [0.29, 0.717) is 25.5 Å². The van der Waals surface area contributed by atoms with Crippen molar-refractivity contribution < 1.29 is 9.84 Å². The first kappa shape index (κ1) is 12.8. The Bertz CT molecular complexity index is 514. The summed E-state index contributed by atoms with van der Waals surface area (Å²) in [7, 11) is 1.90. The first-order valence-electron chi connectivity index (χ1n) is 6.12. The van der Waals surface area contributed by atoms with Gasteiger partial charge in [0.2, 0.25) is 5.88 Å². The van der Waals surface area contributed by atoms with E-state index in [9.17, 15) is 0 Å². The predicted molar refractivity (Wildman–Crippen MR) is 71.7 cm³/mol. The molecule has 0 bridgehead atoms. The normalized spacial score (nSPS) is 10.8. The number of para-hydroxylation sites is 1. The van der Waals surface area contributed by atoms with E-state index in [1.807, 2.05) is 31.3 Å². The van der Waals surface area contributed by atoms with Crippen molar-refractivity contribution in [3.8, 4) is 5.88 Å². The second-order valence-electron chi connectivity index (χ2n) is 4.10. The molecule has 1 aromatic heterocycles. The van der Waals surface area contributed by atoms with Crippen molar-refractivity contribution in [3.63, 3.8) is 0 Å². The Morgan fingerprint density at radius 3 is 2.94 bits per heavy atom. The second-order valence-corrected chi connectivity index (χ2v) is 4.10. The van der Waals surface area contributed by atoms with Gasteiger partial charge >= 0.3 is 0 Å². The fraction of sp³-hybridized carbons (Fsp3) is 0.357. The maximum absolute atomic E-state index is 8.78. The van der Waals surface area contributed by atoms with Crippen LogP contribution in [0.25, 0.3) is 10.9 Å². The standard InChI is InChI=1S/C14H18N2O2/c1-15-10-12-9-11-5-2-3-6-13(11)16-14(12)18-8-4-7-17/h2-3,5-6,9,15,17H,4,7-8,10H2,1H3. The Hall–Kier alpha value is -1.65. The van der Waals surface area contributed by atoms with E-state index >= 15 is 0 Å². The lowest BCUT2D eigenvalue weighted by molar-refractivity contribution is 0.228. The summed E-state index contributed by atoms with van der Waals surface area (Å²) in [5.41, 5.74) is 1.96. The number of ether oxygens (including phenoxy) is 1. The van der Waals surface area contributed by atoms with E-state index in [1.54, 1.807) is 0 Å². The first-order valence-corrected chi connectivity index (χ1v) is 6.12. The van der Waals surface area contributed by atoms with Gasteiger partial charge in [-0.3, -0.25) is 0 Å². The molecule has 4 nitrogen and oxygen atoms in total. The van der Waals surface area contributed by atoms with Crippen LogP contribution < -0.4 is 10.1 Å². The molecule has 0 radical (unpaired) electrons. The van der Waals surface area contributed by atoms with Crippen LogP contribution in [0, 0.1) is 0 Å². The van der Waals surface area contributed by atoms with Crippen LogP contribution in [-0.2, 0) is 6.54 Å². The van der Waals surface area contributed by atoms with E-state index < -0.39 is 0 Å². The van der Waals surface area contributed by atoms with Crippen molar-refractivity contribution in [1.82, 2.24) is 10.3 Å². The highest BCUT2D eigenvalue weighted by atomic mass is 16.5. The molecule has 0 fully saturated rings. The fourth-order valence-corrected chi connectivity index (χ4v) is 1.82. The molecular weight excluding hydrogens is 228 g/mol. The molecule has 0 atom stereocenters. The monoisotopic (exact) mass is 246 g/mol. The highest BCUT2D eigenvalue weighted by Crippen LogP contribution is 2.22. The lowest BCUT2D eigenvalue weighted by atomic mass is 10.1. The average Bonchev–Trinajstić information content (AvgIpc) is 2.40. The molecule has 4 heteroatoms. The van der Waals surface area contributed by atoms with Crippen LogP contribution in [0.4, 0.5) is 0 Å². The van der Waals surface area contributed by atoms with E-state index in [0.717, 1.165) is 16.5 Å². The zero-order chi connectivity index (χ0) is 12.8. The molecule has 1 aromatic carbocycles. The van der Waals surface area contributed by atoms with Crippen molar-refractivity contribution in [2.75, 3.05) is 20.3 Å². The number of aromatic nitrogens is 1. The fourth-order valence-electron chi connectivity index (χ4n) is 1.82. The Balaban J connectivity index is 2.31. The van der Waals surface area contributed by atoms with Gasteiger partial charge < -0.3 is 15.2 Å². The van der Waals surface area contributed by atoms with E-state index in [1.165, 1.54) is 0 Å². The summed E-state index contributed by atoms with van der Waals surface area (Å²) < 4.78 is 5.63. The summed E-state index contributed by atoms with van der Waals surface area (Å²) in [6.07, 6.45) is 0.619. The third-order valence-electron chi connectivity index (χ3n) is 2.67. The molecule has 0 aliphatic carbocycles. The van der Waals surface area contributed by atoms with Crippen LogP contribution in [-0.4, -0.2) is 30.4 Å². The minimum atomic E-state index is 0.134. The largest absolute Gasteiger partial charge is 0.477 e. The van der Waals surface area contributed by atoms with Gasteiger partial charge in [0.05, 0.1) is 12.1 Å². The Morgan fingerprint density at radius 2 is 2.17 bits per heavy atom. The van der Waals surface area contributed by atoms with Crippen LogP contribution in [0.15, 0.2) is 30.3 Å². The smallest absolute Gasteiger partial charge is 0.218 e. The second kappa shape index (κ2) is 6.33. The van der Waals surface area contributed by atoms with Crippen LogP contribution in [0.2, 0.25) is 0 Å². The summed E-state index contributed by atoms with van der Waals surface area (Å²) in [4.78, 5) is 4.52. The molecule has 0 aliphatic rings. The van der Waals surface area contributed by atoms with Gasteiger partial charge in [-0.2, -0.15) is 0 Å². The van der Waals surface area contributed by atoms with Crippen LogP contribution in [0.3, 0.4) is 0 Å². The number of benzene rings is 1. The van der Waals surface area contributed by atoms with Crippen molar-refractivity contribution in [1.29, 1.82) is 0 Å². The van der Waals surface area contributed by atoms with Gasteiger partial charge in [0.15, 0.2) is 0 Å². The SMILES string of the molecule is CNCc1cc2ccccc2nc1OCCCO. The minimum absolute atomic E-state index is 0.134. The zero-order valence-corrected chi connectivity index (χ0v) is 10.5. The van der Waals surface area contributed by atoms with Crippen LogP contribution in [0.5, 0.6) is 5.88 Å². The zero-order valence-electron chi connectivity index (χ0n) is 10.5. The molecule has 0 amide bonds. The quantitative estimate of drug-likeness (QED) is 0.762. The van der Waals surface area contributed by atoms with E-state index in [4.69, 9.17) is 9.84 Å². The van der Waals surface area contributed by atoms with E-state index in [2.05, 4.69) is 16.4 Å². The van der Waals surface area contributed by atoms with Crippen LogP contribution >= 0.6 is 0 Å². The number of aliphatic hydroxyl groups is 1. The van der Waals surface area contributed by atoms with Crippen LogP contribution in [0.1, 0.15) is 12.0 Å². The number of hydrogen-bond donors (Lipinski definition) is 2. The van der Waals surface area contributed by atoms with Gasteiger partial charge in [-0.1, -0.05) is 18.2 Å². The molecule has 18 heavy (non-hydrogen) atoms. The first-order chi connectivity index (χ1) is 8.85. The molecule has 96 valence electrons. The number of nitrogens with one attached hydrogen (secondary N) is 1. The third kappa shape index (κ3) is 2.97. The van der Waals surface area contributed by atoms with Gasteiger partial charge in [0.1, 0.15) is 0 Å². The molecular formula is C14H18N2O2. The Kier molecular flexibility index (Phi) is 4.50. The van der Waals surface area contributed by atoms with Gasteiger partial charge in [-0.15, -0.1) is 0 Å². The molecule has 2 N–H and O–H groups in total. The lowest BCUT2D eigenvalue weighted by Gasteiger charge is -2.11. The Labute approximate surface area is 107 Å². The molecule has 1 heterocycles. The topological polar surface area (TPSA) is 54.4 Å². The summed E-state index contributed by atoms with van der Waals surface area (Å²) in [5.74, 6) is 0.650. The predicted octanol–water partition coefficient (Wildman–Crippen LogP) is 1.72. The summed E-state index contributed by atoms with van der Waals surface area (Å²) in [6.45, 7) is 1.33. The van der Waals surface area contributed by atoms with Crippen molar-refractivity contribution in [3.05, 3.63) is 35.9 Å². The number of fused-ring (bicyclic) bond motifs is 1. The van der Waals surface area contributed by atoms with E-state index in [-0.39, 0.29) is 6.61 Å². The third-order valence-corrected chi connectivity index (χ3v) is 2.67. The summed E-state index contributed by atoms with van der Waals surface area (Å²) >= 11 is 0. The number of pyridine rings is 1. The van der Waals surface area contributed by atoms with Gasteiger partial charge in [-0.25, -0.2) is 4.98 Å². The lowest BCUT2D eigenvalue weighted by Crippen LogP contribution is -2.10. The number of nitrogens with zero attached hydrogens (tertiary/aromatic N) is 1. The molecule has 2 rings (SSSR count). The maximum atomic E-state index is 8.78. The maximum Gasteiger partial charge on any atom is 0.218 e. The molecule has 0 spiro atoms. The highest BCUT2D eigenvalue weighted by Gasteiger charge is 2.07. The molecule has 0 saturated carbocycles. The summed E-state index contributed by atoms with van der Waals surface area (Å²) in [5, 5.41) is 13.0. The molecule has 2 aromatic rings. The highest BCUT2D eigenvalue weighted by molar-refractivity contribution is 5.80. The van der Waals surface area contributed by atoms with Gasteiger partial charge in [0.25, 0.3) is 0 Å². The number of aliphatic hydroxyl groups excluding tert-OH is 1. The average molecular weight is 246 g/mol. The molecule has 0 unspecified atom stereocenters. The number of rotatable bonds is 6. The van der Waals surface area contributed by atoms with Gasteiger partial charge in [0, 0.05) is 30.5 Å². The molecule has 0 aliphatic heterocycles. The van der Waals surface area contributed by atoms with Gasteiger partial charge in [-0.05, 0) is 19.2 Å². The van der Waals surface area contributed by atoms with Crippen molar-refractivity contribution in [2.45, 2.75) is 13.0 Å². The van der Waals surface area contributed by atoms with Crippen molar-refractivity contribution in [2.24, 2.45) is 0 Å². The summed E-state index contributed by atoms with van der Waals surface area (Å²) in [6, 6.07) is 10.1. The molecule has 0 saturated heterocycles.